The Kier molecular flexibility index (Phi) is 14.5. The van der Waals surface area contributed by atoms with E-state index in [-0.39, 0.29) is 5.92 Å². The van der Waals surface area contributed by atoms with Gasteiger partial charge in [0.2, 0.25) is 0 Å². The van der Waals surface area contributed by atoms with E-state index >= 15 is 0 Å². The van der Waals surface area contributed by atoms with Crippen LogP contribution in [0.3, 0.4) is 0 Å². The van der Waals surface area contributed by atoms with Crippen molar-refractivity contribution in [3.05, 3.63) is 59.2 Å². The SMILES string of the molecule is CCCCCCCCCCCCCCCCCCc1ccc(C(C)c2ccc(N)cc2N)cc1. The lowest BCUT2D eigenvalue weighted by Crippen LogP contribution is -2.02. The highest BCUT2D eigenvalue weighted by Gasteiger charge is 2.11. The fourth-order valence-electron chi connectivity index (χ4n) is 5.02. The molecule has 0 fully saturated rings. The molecule has 2 rings (SSSR count). The average molecular weight is 465 g/mol. The third kappa shape index (κ3) is 11.4. The summed E-state index contributed by atoms with van der Waals surface area (Å²) < 4.78 is 0. The highest BCUT2D eigenvalue weighted by Crippen LogP contribution is 2.30. The van der Waals surface area contributed by atoms with E-state index in [1.165, 1.54) is 120 Å². The lowest BCUT2D eigenvalue weighted by Gasteiger charge is -2.16. The molecule has 0 amide bonds. The molecule has 2 nitrogen and oxygen atoms in total. The Morgan fingerprint density at radius 2 is 1.06 bits per heavy atom. The molecule has 0 aliphatic rings. The van der Waals surface area contributed by atoms with Crippen LogP contribution >= 0.6 is 0 Å². The van der Waals surface area contributed by atoms with Crippen molar-refractivity contribution in [3.8, 4) is 0 Å². The summed E-state index contributed by atoms with van der Waals surface area (Å²) in [7, 11) is 0. The predicted octanol–water partition coefficient (Wildman–Crippen LogP) is 9.81. The number of aryl methyl sites for hydroxylation is 1. The van der Waals surface area contributed by atoms with E-state index in [1.54, 1.807) is 0 Å². The predicted molar refractivity (Wildman–Crippen MR) is 152 cm³/mol. The van der Waals surface area contributed by atoms with Crippen LogP contribution < -0.4 is 11.5 Å². The van der Waals surface area contributed by atoms with Crippen molar-refractivity contribution in [1.82, 2.24) is 0 Å². The number of hydrogen-bond donors (Lipinski definition) is 2. The van der Waals surface area contributed by atoms with Crippen molar-refractivity contribution in [2.45, 2.75) is 129 Å². The molecule has 0 saturated heterocycles. The lowest BCUT2D eigenvalue weighted by atomic mass is 9.91. The largest absolute Gasteiger partial charge is 0.399 e. The minimum Gasteiger partial charge on any atom is -0.399 e. The van der Waals surface area contributed by atoms with Gasteiger partial charge in [-0.05, 0) is 41.7 Å². The number of nitrogens with two attached hydrogens (primary N) is 2. The van der Waals surface area contributed by atoms with Crippen LogP contribution in [0.1, 0.15) is 139 Å². The summed E-state index contributed by atoms with van der Waals surface area (Å²) in [6, 6.07) is 15.0. The first-order valence-corrected chi connectivity index (χ1v) is 14.4. The summed E-state index contributed by atoms with van der Waals surface area (Å²) >= 11 is 0. The van der Waals surface area contributed by atoms with Crippen LogP contribution in [0.25, 0.3) is 0 Å². The molecule has 1 atom stereocenters. The molecule has 2 aromatic carbocycles. The summed E-state index contributed by atoms with van der Waals surface area (Å²) in [5.74, 6) is 0.283. The van der Waals surface area contributed by atoms with Crippen LogP contribution in [0.5, 0.6) is 0 Å². The fraction of sp³-hybridized carbons (Fsp3) is 0.625. The summed E-state index contributed by atoms with van der Waals surface area (Å²) in [6.45, 7) is 4.51. The Morgan fingerprint density at radius 1 is 0.588 bits per heavy atom. The molecule has 0 radical (unpaired) electrons. The maximum atomic E-state index is 6.18. The minimum atomic E-state index is 0.283. The molecule has 2 heteroatoms. The maximum Gasteiger partial charge on any atom is 0.0373 e. The number of benzene rings is 2. The van der Waals surface area contributed by atoms with Gasteiger partial charge in [0.15, 0.2) is 0 Å². The second kappa shape index (κ2) is 17.5. The fourth-order valence-corrected chi connectivity index (χ4v) is 5.02. The zero-order chi connectivity index (χ0) is 24.4. The highest BCUT2D eigenvalue weighted by atomic mass is 14.6. The zero-order valence-corrected chi connectivity index (χ0v) is 22.3. The maximum absolute atomic E-state index is 6.18. The van der Waals surface area contributed by atoms with Crippen LogP contribution in [0.2, 0.25) is 0 Å². The molecule has 34 heavy (non-hydrogen) atoms. The highest BCUT2D eigenvalue weighted by molar-refractivity contribution is 5.59. The minimum absolute atomic E-state index is 0.283. The Labute approximate surface area is 210 Å². The van der Waals surface area contributed by atoms with Crippen molar-refractivity contribution in [2.75, 3.05) is 11.5 Å². The first-order chi connectivity index (χ1) is 16.6. The van der Waals surface area contributed by atoms with Crippen LogP contribution in [-0.2, 0) is 6.42 Å². The smallest absolute Gasteiger partial charge is 0.0373 e. The first kappa shape index (κ1) is 28.3. The second-order valence-electron chi connectivity index (χ2n) is 10.4. The van der Waals surface area contributed by atoms with E-state index in [4.69, 9.17) is 11.5 Å². The van der Waals surface area contributed by atoms with Crippen molar-refractivity contribution in [2.24, 2.45) is 0 Å². The topological polar surface area (TPSA) is 52.0 Å². The Hall–Kier alpha value is -1.96. The molecule has 0 aromatic heterocycles. The number of rotatable bonds is 19. The van der Waals surface area contributed by atoms with Gasteiger partial charge in [-0.15, -0.1) is 0 Å². The molecule has 0 aliphatic heterocycles. The van der Waals surface area contributed by atoms with E-state index in [9.17, 15) is 0 Å². The van der Waals surface area contributed by atoms with E-state index in [0.29, 0.717) is 0 Å². The number of anilines is 2. The summed E-state index contributed by atoms with van der Waals surface area (Å²) in [5.41, 5.74) is 17.4. The molecular formula is C32H52N2. The Morgan fingerprint density at radius 3 is 1.53 bits per heavy atom. The van der Waals surface area contributed by atoms with Gasteiger partial charge in [-0.3, -0.25) is 0 Å². The third-order valence-corrected chi connectivity index (χ3v) is 7.38. The van der Waals surface area contributed by atoms with E-state index in [2.05, 4.69) is 44.2 Å². The van der Waals surface area contributed by atoms with Gasteiger partial charge in [-0.2, -0.15) is 0 Å². The van der Waals surface area contributed by atoms with Crippen molar-refractivity contribution in [3.63, 3.8) is 0 Å². The van der Waals surface area contributed by atoms with E-state index < -0.39 is 0 Å². The molecular weight excluding hydrogens is 412 g/mol. The van der Waals surface area contributed by atoms with Gasteiger partial charge in [-0.25, -0.2) is 0 Å². The van der Waals surface area contributed by atoms with Gasteiger partial charge >= 0.3 is 0 Å². The molecule has 4 N–H and O–H groups in total. The van der Waals surface area contributed by atoms with Gasteiger partial charge in [0.1, 0.15) is 0 Å². The Balaban J connectivity index is 1.46. The van der Waals surface area contributed by atoms with Crippen LogP contribution in [0, 0.1) is 0 Å². The summed E-state index contributed by atoms with van der Waals surface area (Å²) in [4.78, 5) is 0. The summed E-state index contributed by atoms with van der Waals surface area (Å²) in [6.07, 6.45) is 24.0. The third-order valence-electron chi connectivity index (χ3n) is 7.38. The molecule has 190 valence electrons. The molecule has 0 heterocycles. The van der Waals surface area contributed by atoms with Gasteiger partial charge < -0.3 is 11.5 Å². The van der Waals surface area contributed by atoms with Crippen molar-refractivity contribution < 1.29 is 0 Å². The average Bonchev–Trinajstić information content (AvgIpc) is 2.84. The van der Waals surface area contributed by atoms with Crippen molar-refractivity contribution >= 4 is 11.4 Å². The van der Waals surface area contributed by atoms with E-state index in [1.807, 2.05) is 12.1 Å². The molecule has 0 aliphatic carbocycles. The second-order valence-corrected chi connectivity index (χ2v) is 10.4. The van der Waals surface area contributed by atoms with Gasteiger partial charge in [0.05, 0.1) is 0 Å². The van der Waals surface area contributed by atoms with Crippen molar-refractivity contribution in [1.29, 1.82) is 0 Å². The molecule has 2 aromatic rings. The summed E-state index contributed by atoms with van der Waals surface area (Å²) in [5, 5.41) is 0. The first-order valence-electron chi connectivity index (χ1n) is 14.4. The molecule has 0 spiro atoms. The lowest BCUT2D eigenvalue weighted by molar-refractivity contribution is 0.529. The van der Waals surface area contributed by atoms with Gasteiger partial charge in [0.25, 0.3) is 0 Å². The van der Waals surface area contributed by atoms with Gasteiger partial charge in [-0.1, -0.05) is 140 Å². The quantitative estimate of drug-likeness (QED) is 0.160. The number of unbranched alkanes of at least 4 members (excludes halogenated alkanes) is 15. The van der Waals surface area contributed by atoms with E-state index in [0.717, 1.165) is 16.9 Å². The van der Waals surface area contributed by atoms with Crippen LogP contribution in [0.15, 0.2) is 42.5 Å². The zero-order valence-electron chi connectivity index (χ0n) is 22.3. The molecule has 0 bridgehead atoms. The van der Waals surface area contributed by atoms with Crippen LogP contribution in [0.4, 0.5) is 11.4 Å². The number of nitrogen functional groups attached to an aromatic ring is 2. The normalized spacial score (nSPS) is 12.2. The van der Waals surface area contributed by atoms with Gasteiger partial charge in [0, 0.05) is 17.3 Å². The number of hydrogen-bond acceptors (Lipinski definition) is 2. The van der Waals surface area contributed by atoms with Crippen LogP contribution in [-0.4, -0.2) is 0 Å². The monoisotopic (exact) mass is 464 g/mol. The Bertz CT molecular complexity index is 765. The molecule has 1 unspecified atom stereocenters. The standard InChI is InChI=1S/C32H52N2/c1-3-4-5-6-7-8-9-10-11-12-13-14-15-16-17-18-19-28-20-22-29(23-21-28)27(2)31-25-24-30(33)26-32(31)34/h20-27H,3-19,33-34H2,1-2H3. The molecule has 0 saturated carbocycles.